The predicted molar refractivity (Wildman–Crippen MR) is 74.5 cm³/mol. The number of nitrogens with one attached hydrogen (secondary N) is 2. The average Bonchev–Trinajstić information content (AvgIpc) is 3.10. The summed E-state index contributed by atoms with van der Waals surface area (Å²) >= 11 is 0. The number of benzene rings is 1. The number of amides is 1. The molecule has 0 bridgehead atoms. The molecule has 0 radical (unpaired) electrons. The predicted octanol–water partition coefficient (Wildman–Crippen LogP) is 2.05. The minimum absolute atomic E-state index is 0.174. The van der Waals surface area contributed by atoms with E-state index in [9.17, 15) is 4.79 Å². The number of hydrogen-bond donors (Lipinski definition) is 3. The minimum atomic E-state index is 0.174. The van der Waals surface area contributed by atoms with Gasteiger partial charge in [0.05, 0.1) is 0 Å². The Bertz CT molecular complexity index is 427. The Morgan fingerprint density at radius 3 is 2.89 bits per heavy atom. The van der Waals surface area contributed by atoms with Crippen molar-refractivity contribution >= 4 is 17.3 Å². The Hall–Kier alpha value is -1.71. The topological polar surface area (TPSA) is 67.1 Å². The van der Waals surface area contributed by atoms with Crippen molar-refractivity contribution in [3.63, 3.8) is 0 Å². The van der Waals surface area contributed by atoms with Crippen molar-refractivity contribution in [2.75, 3.05) is 17.6 Å². The highest BCUT2D eigenvalue weighted by Gasteiger charge is 2.22. The van der Waals surface area contributed by atoms with Crippen LogP contribution in [-0.4, -0.2) is 18.5 Å². The molecule has 0 saturated heterocycles. The monoisotopic (exact) mass is 247 g/mol. The van der Waals surface area contributed by atoms with Crippen LogP contribution in [0, 0.1) is 6.92 Å². The normalized spacial score (nSPS) is 14.3. The Morgan fingerprint density at radius 1 is 1.44 bits per heavy atom. The molecule has 1 aliphatic rings. The molecule has 0 aliphatic heterocycles. The smallest absolute Gasteiger partial charge is 0.220 e. The van der Waals surface area contributed by atoms with E-state index in [1.165, 1.54) is 0 Å². The zero-order valence-corrected chi connectivity index (χ0v) is 10.8. The molecule has 0 aromatic heterocycles. The summed E-state index contributed by atoms with van der Waals surface area (Å²) in [6, 6.07) is 6.27. The highest BCUT2D eigenvalue weighted by atomic mass is 16.1. The number of nitrogens with two attached hydrogens (primary N) is 1. The van der Waals surface area contributed by atoms with Crippen LogP contribution in [0.5, 0.6) is 0 Å². The molecule has 98 valence electrons. The zero-order valence-electron chi connectivity index (χ0n) is 10.8. The van der Waals surface area contributed by atoms with Crippen molar-refractivity contribution in [3.05, 3.63) is 23.8 Å². The highest BCUT2D eigenvalue weighted by molar-refractivity contribution is 5.76. The summed E-state index contributed by atoms with van der Waals surface area (Å²) in [6.07, 6.45) is 3.74. The van der Waals surface area contributed by atoms with E-state index in [1.807, 2.05) is 25.1 Å². The van der Waals surface area contributed by atoms with Crippen LogP contribution in [0.25, 0.3) is 0 Å². The second kappa shape index (κ2) is 5.76. The molecule has 1 aromatic rings. The summed E-state index contributed by atoms with van der Waals surface area (Å²) in [5.41, 5.74) is 8.70. The standard InChI is InChI=1S/C14H21N3O/c1-10-9-11(15)4-7-13(10)16-8-2-3-14(18)17-12-5-6-12/h4,7,9,12,16H,2-3,5-6,8,15H2,1H3,(H,17,18). The maximum atomic E-state index is 11.5. The first-order valence-corrected chi connectivity index (χ1v) is 6.54. The number of carbonyl (C=O) groups excluding carboxylic acids is 1. The van der Waals surface area contributed by atoms with Crippen LogP contribution >= 0.6 is 0 Å². The number of nitrogen functional groups attached to an aromatic ring is 1. The second-order valence-electron chi connectivity index (χ2n) is 4.95. The molecule has 4 nitrogen and oxygen atoms in total. The lowest BCUT2D eigenvalue weighted by atomic mass is 10.1. The van der Waals surface area contributed by atoms with Gasteiger partial charge in [-0.1, -0.05) is 0 Å². The SMILES string of the molecule is Cc1cc(N)ccc1NCCCC(=O)NC1CC1. The molecule has 0 heterocycles. The van der Waals surface area contributed by atoms with Crippen LogP contribution in [-0.2, 0) is 4.79 Å². The van der Waals surface area contributed by atoms with Crippen LogP contribution in [0.2, 0.25) is 0 Å². The van der Waals surface area contributed by atoms with Crippen molar-refractivity contribution in [2.24, 2.45) is 0 Å². The molecule has 18 heavy (non-hydrogen) atoms. The average molecular weight is 247 g/mol. The fraction of sp³-hybridized carbons (Fsp3) is 0.500. The summed E-state index contributed by atoms with van der Waals surface area (Å²) in [6.45, 7) is 2.83. The van der Waals surface area contributed by atoms with Crippen molar-refractivity contribution in [3.8, 4) is 0 Å². The van der Waals surface area contributed by atoms with Crippen LogP contribution in [0.15, 0.2) is 18.2 Å². The van der Waals surface area contributed by atoms with Gasteiger partial charge in [0.25, 0.3) is 0 Å². The van der Waals surface area contributed by atoms with E-state index in [0.717, 1.165) is 42.7 Å². The molecule has 1 aromatic carbocycles. The number of anilines is 2. The molecule has 1 fully saturated rings. The number of aryl methyl sites for hydroxylation is 1. The molecule has 2 rings (SSSR count). The molecule has 4 heteroatoms. The lowest BCUT2D eigenvalue weighted by Crippen LogP contribution is -2.25. The fourth-order valence-electron chi connectivity index (χ4n) is 1.88. The summed E-state index contributed by atoms with van der Waals surface area (Å²) in [4.78, 5) is 11.5. The van der Waals surface area contributed by atoms with E-state index in [4.69, 9.17) is 5.73 Å². The van der Waals surface area contributed by atoms with Gasteiger partial charge < -0.3 is 16.4 Å². The Kier molecular flexibility index (Phi) is 4.07. The Labute approximate surface area is 108 Å². The van der Waals surface area contributed by atoms with Crippen molar-refractivity contribution in [1.29, 1.82) is 0 Å². The summed E-state index contributed by atoms with van der Waals surface area (Å²) in [5.74, 6) is 0.174. The maximum Gasteiger partial charge on any atom is 0.220 e. The van der Waals surface area contributed by atoms with Crippen LogP contribution in [0.1, 0.15) is 31.2 Å². The molecule has 1 amide bonds. The second-order valence-corrected chi connectivity index (χ2v) is 4.95. The third-order valence-electron chi connectivity index (χ3n) is 3.09. The third-order valence-corrected chi connectivity index (χ3v) is 3.09. The van der Waals surface area contributed by atoms with Crippen LogP contribution in [0.3, 0.4) is 0 Å². The molecule has 4 N–H and O–H groups in total. The van der Waals surface area contributed by atoms with Crippen molar-refractivity contribution in [2.45, 2.75) is 38.6 Å². The first-order valence-electron chi connectivity index (χ1n) is 6.54. The van der Waals surface area contributed by atoms with Gasteiger partial charge in [0.15, 0.2) is 0 Å². The summed E-state index contributed by atoms with van der Waals surface area (Å²) in [5, 5.41) is 6.32. The van der Waals surface area contributed by atoms with E-state index in [0.29, 0.717) is 12.5 Å². The van der Waals surface area contributed by atoms with Gasteiger partial charge in [0, 0.05) is 30.4 Å². The molecular weight excluding hydrogens is 226 g/mol. The van der Waals surface area contributed by atoms with Crippen LogP contribution < -0.4 is 16.4 Å². The van der Waals surface area contributed by atoms with E-state index < -0.39 is 0 Å². The van der Waals surface area contributed by atoms with Gasteiger partial charge in [0.2, 0.25) is 5.91 Å². The van der Waals surface area contributed by atoms with Crippen molar-refractivity contribution in [1.82, 2.24) is 5.32 Å². The first kappa shape index (κ1) is 12.7. The molecule has 0 atom stereocenters. The number of carbonyl (C=O) groups is 1. The van der Waals surface area contributed by atoms with Gasteiger partial charge in [-0.2, -0.15) is 0 Å². The van der Waals surface area contributed by atoms with E-state index in [1.54, 1.807) is 0 Å². The largest absolute Gasteiger partial charge is 0.399 e. The maximum absolute atomic E-state index is 11.5. The fourth-order valence-corrected chi connectivity index (χ4v) is 1.88. The number of rotatable bonds is 6. The Balaban J connectivity index is 1.66. The lowest BCUT2D eigenvalue weighted by molar-refractivity contribution is -0.121. The van der Waals surface area contributed by atoms with Gasteiger partial charge in [-0.05, 0) is 49.9 Å². The van der Waals surface area contributed by atoms with Gasteiger partial charge in [0.1, 0.15) is 0 Å². The van der Waals surface area contributed by atoms with E-state index in [-0.39, 0.29) is 5.91 Å². The number of hydrogen-bond acceptors (Lipinski definition) is 3. The highest BCUT2D eigenvalue weighted by Crippen LogP contribution is 2.19. The van der Waals surface area contributed by atoms with Gasteiger partial charge in [-0.15, -0.1) is 0 Å². The molecule has 0 spiro atoms. The van der Waals surface area contributed by atoms with E-state index >= 15 is 0 Å². The minimum Gasteiger partial charge on any atom is -0.399 e. The lowest BCUT2D eigenvalue weighted by Gasteiger charge is -2.10. The third kappa shape index (κ3) is 3.95. The van der Waals surface area contributed by atoms with Crippen molar-refractivity contribution < 1.29 is 4.79 Å². The molecule has 1 aliphatic carbocycles. The van der Waals surface area contributed by atoms with Gasteiger partial charge in [-0.25, -0.2) is 0 Å². The quantitative estimate of drug-likeness (QED) is 0.532. The van der Waals surface area contributed by atoms with Crippen LogP contribution in [0.4, 0.5) is 11.4 Å². The Morgan fingerprint density at radius 2 is 2.22 bits per heavy atom. The summed E-state index contributed by atoms with van der Waals surface area (Å²) in [7, 11) is 0. The first-order chi connectivity index (χ1) is 8.65. The molecular formula is C14H21N3O. The zero-order chi connectivity index (χ0) is 13.0. The molecule has 1 saturated carbocycles. The summed E-state index contributed by atoms with van der Waals surface area (Å²) < 4.78 is 0. The van der Waals surface area contributed by atoms with Gasteiger partial charge in [-0.3, -0.25) is 4.79 Å². The van der Waals surface area contributed by atoms with Gasteiger partial charge >= 0.3 is 0 Å². The molecule has 0 unspecified atom stereocenters. The van der Waals surface area contributed by atoms with E-state index in [2.05, 4.69) is 10.6 Å².